The van der Waals surface area contributed by atoms with Crippen LogP contribution in [-0.4, -0.2) is 15.0 Å². The van der Waals surface area contributed by atoms with Gasteiger partial charge in [0.25, 0.3) is 0 Å². The first kappa shape index (κ1) is 16.0. The van der Waals surface area contributed by atoms with E-state index in [-0.39, 0.29) is 0 Å². The minimum Gasteiger partial charge on any atom is -0.366 e. The fourth-order valence-corrected chi connectivity index (χ4v) is 2.71. The molecule has 0 radical (unpaired) electrons. The Bertz CT molecular complexity index is 913. The summed E-state index contributed by atoms with van der Waals surface area (Å²) in [6.45, 7) is 0.710. The van der Waals surface area contributed by atoms with Crippen LogP contribution in [0.3, 0.4) is 0 Å². The van der Waals surface area contributed by atoms with Crippen molar-refractivity contribution in [3.8, 4) is 22.6 Å². The number of nitrogens with zero attached hydrogens (tertiary/aromatic N) is 3. The molecule has 26 heavy (non-hydrogen) atoms. The zero-order chi connectivity index (χ0) is 17.6. The van der Waals surface area contributed by atoms with Gasteiger partial charge in [0.1, 0.15) is 5.82 Å². The van der Waals surface area contributed by atoms with Crippen LogP contribution in [0.1, 0.15) is 5.56 Å². The van der Waals surface area contributed by atoms with Crippen molar-refractivity contribution in [1.29, 1.82) is 0 Å². The minimum absolute atomic E-state index is 0.704. The fraction of sp³-hybridized carbons (Fsp3) is 0.0455. The van der Waals surface area contributed by atoms with Crippen molar-refractivity contribution in [1.82, 2.24) is 15.0 Å². The normalized spacial score (nSPS) is 10.5. The number of nitrogens with one attached hydrogen (secondary N) is 1. The molecule has 4 nitrogen and oxygen atoms in total. The maximum Gasteiger partial charge on any atom is 0.162 e. The van der Waals surface area contributed by atoms with Crippen LogP contribution in [0.2, 0.25) is 0 Å². The van der Waals surface area contributed by atoms with E-state index < -0.39 is 0 Å². The van der Waals surface area contributed by atoms with Gasteiger partial charge in [-0.1, -0.05) is 60.7 Å². The molecule has 126 valence electrons. The van der Waals surface area contributed by atoms with E-state index in [1.165, 1.54) is 5.56 Å². The summed E-state index contributed by atoms with van der Waals surface area (Å²) >= 11 is 0. The predicted molar refractivity (Wildman–Crippen MR) is 104 cm³/mol. The zero-order valence-corrected chi connectivity index (χ0v) is 14.2. The standard InChI is InChI=1S/C22H18N4/c1-3-7-17(8-4-1)16-24-21-15-20(18-11-13-23-14-12-18)25-22(26-21)19-9-5-2-6-10-19/h1-15H,16H2,(H,24,25,26). The van der Waals surface area contributed by atoms with Crippen molar-refractivity contribution < 1.29 is 0 Å². The largest absolute Gasteiger partial charge is 0.366 e. The first-order valence-corrected chi connectivity index (χ1v) is 8.51. The molecule has 2 aromatic carbocycles. The fourth-order valence-electron chi connectivity index (χ4n) is 2.71. The average molecular weight is 338 g/mol. The Morgan fingerprint density at radius 1 is 0.692 bits per heavy atom. The van der Waals surface area contributed by atoms with Gasteiger partial charge in [-0.2, -0.15) is 0 Å². The Balaban J connectivity index is 1.70. The summed E-state index contributed by atoms with van der Waals surface area (Å²) in [5.41, 5.74) is 4.09. The summed E-state index contributed by atoms with van der Waals surface area (Å²) in [5, 5.41) is 3.41. The van der Waals surface area contributed by atoms with E-state index in [0.29, 0.717) is 12.4 Å². The Morgan fingerprint density at radius 2 is 1.38 bits per heavy atom. The summed E-state index contributed by atoms with van der Waals surface area (Å²) in [6, 6.07) is 26.2. The second kappa shape index (κ2) is 7.57. The van der Waals surface area contributed by atoms with Gasteiger partial charge in [-0.05, 0) is 17.7 Å². The molecule has 0 aliphatic rings. The summed E-state index contributed by atoms with van der Waals surface area (Å²) in [4.78, 5) is 13.5. The monoisotopic (exact) mass is 338 g/mol. The van der Waals surface area contributed by atoms with Gasteiger partial charge in [0, 0.05) is 36.1 Å². The quantitative estimate of drug-likeness (QED) is 0.567. The van der Waals surface area contributed by atoms with Crippen molar-refractivity contribution in [3.63, 3.8) is 0 Å². The summed E-state index contributed by atoms with van der Waals surface area (Å²) in [7, 11) is 0. The Morgan fingerprint density at radius 3 is 2.12 bits per heavy atom. The molecule has 0 aliphatic heterocycles. The van der Waals surface area contributed by atoms with Crippen LogP contribution in [0.25, 0.3) is 22.6 Å². The lowest BCUT2D eigenvalue weighted by molar-refractivity contribution is 1.09. The Labute approximate surface area is 152 Å². The van der Waals surface area contributed by atoms with Gasteiger partial charge in [-0.3, -0.25) is 4.98 Å². The van der Waals surface area contributed by atoms with Crippen molar-refractivity contribution >= 4 is 5.82 Å². The number of hydrogen-bond donors (Lipinski definition) is 1. The van der Waals surface area contributed by atoms with E-state index in [2.05, 4.69) is 22.4 Å². The molecule has 0 saturated heterocycles. The molecular formula is C22H18N4. The molecule has 0 amide bonds. The highest BCUT2D eigenvalue weighted by atomic mass is 15.0. The van der Waals surface area contributed by atoms with E-state index in [1.54, 1.807) is 12.4 Å². The van der Waals surface area contributed by atoms with Crippen LogP contribution < -0.4 is 5.32 Å². The van der Waals surface area contributed by atoms with Gasteiger partial charge in [0.15, 0.2) is 5.82 Å². The Hall–Kier alpha value is -3.53. The zero-order valence-electron chi connectivity index (χ0n) is 14.2. The van der Waals surface area contributed by atoms with E-state index in [1.807, 2.05) is 66.7 Å². The molecule has 0 atom stereocenters. The lowest BCUT2D eigenvalue weighted by atomic mass is 10.1. The van der Waals surface area contributed by atoms with Gasteiger partial charge in [0.2, 0.25) is 0 Å². The highest BCUT2D eigenvalue weighted by Crippen LogP contribution is 2.24. The SMILES string of the molecule is c1ccc(CNc2cc(-c3ccncc3)nc(-c3ccccc3)n2)cc1. The van der Waals surface area contributed by atoms with Gasteiger partial charge < -0.3 is 5.32 Å². The van der Waals surface area contributed by atoms with Crippen LogP contribution in [-0.2, 0) is 6.54 Å². The number of rotatable bonds is 5. The summed E-state index contributed by atoms with van der Waals surface area (Å²) in [5.74, 6) is 1.50. The molecule has 0 aliphatic carbocycles. The molecule has 1 N–H and O–H groups in total. The molecule has 0 unspecified atom stereocenters. The second-order valence-corrected chi connectivity index (χ2v) is 5.90. The first-order chi connectivity index (χ1) is 12.9. The third kappa shape index (κ3) is 3.75. The predicted octanol–water partition coefficient (Wildman–Crippen LogP) is 4.82. The van der Waals surface area contributed by atoms with E-state index in [4.69, 9.17) is 9.97 Å². The molecule has 2 heterocycles. The third-order valence-electron chi connectivity index (χ3n) is 4.05. The van der Waals surface area contributed by atoms with Gasteiger partial charge in [0.05, 0.1) is 5.69 Å². The highest BCUT2D eigenvalue weighted by molar-refractivity contribution is 5.67. The van der Waals surface area contributed by atoms with Gasteiger partial charge in [-0.25, -0.2) is 9.97 Å². The van der Waals surface area contributed by atoms with Gasteiger partial charge >= 0.3 is 0 Å². The van der Waals surface area contributed by atoms with E-state index >= 15 is 0 Å². The number of aromatic nitrogens is 3. The van der Waals surface area contributed by atoms with Gasteiger partial charge in [-0.15, -0.1) is 0 Å². The van der Waals surface area contributed by atoms with Crippen LogP contribution >= 0.6 is 0 Å². The molecule has 2 aromatic heterocycles. The van der Waals surface area contributed by atoms with Crippen molar-refractivity contribution in [2.24, 2.45) is 0 Å². The lowest BCUT2D eigenvalue weighted by Crippen LogP contribution is -2.04. The van der Waals surface area contributed by atoms with Crippen LogP contribution in [0.5, 0.6) is 0 Å². The molecular weight excluding hydrogens is 320 g/mol. The highest BCUT2D eigenvalue weighted by Gasteiger charge is 2.08. The smallest absolute Gasteiger partial charge is 0.162 e. The summed E-state index contributed by atoms with van der Waals surface area (Å²) < 4.78 is 0. The molecule has 4 heteroatoms. The van der Waals surface area contributed by atoms with Crippen LogP contribution in [0, 0.1) is 0 Å². The van der Waals surface area contributed by atoms with E-state index in [0.717, 1.165) is 22.6 Å². The second-order valence-electron chi connectivity index (χ2n) is 5.90. The number of anilines is 1. The minimum atomic E-state index is 0.704. The molecule has 0 bridgehead atoms. The first-order valence-electron chi connectivity index (χ1n) is 8.51. The third-order valence-corrected chi connectivity index (χ3v) is 4.05. The van der Waals surface area contributed by atoms with Crippen molar-refractivity contribution in [2.45, 2.75) is 6.54 Å². The average Bonchev–Trinajstić information content (AvgIpc) is 2.74. The number of hydrogen-bond acceptors (Lipinski definition) is 4. The topological polar surface area (TPSA) is 50.7 Å². The van der Waals surface area contributed by atoms with Crippen molar-refractivity contribution in [3.05, 3.63) is 96.8 Å². The maximum atomic E-state index is 4.75. The number of benzene rings is 2. The Kier molecular flexibility index (Phi) is 4.65. The molecule has 4 rings (SSSR count). The van der Waals surface area contributed by atoms with Crippen LogP contribution in [0.15, 0.2) is 91.3 Å². The molecule has 4 aromatic rings. The maximum absolute atomic E-state index is 4.75. The van der Waals surface area contributed by atoms with E-state index in [9.17, 15) is 0 Å². The molecule has 0 saturated carbocycles. The van der Waals surface area contributed by atoms with Crippen molar-refractivity contribution in [2.75, 3.05) is 5.32 Å². The lowest BCUT2D eigenvalue weighted by Gasteiger charge is -2.10. The summed E-state index contributed by atoms with van der Waals surface area (Å²) in [6.07, 6.45) is 3.55. The molecule has 0 fully saturated rings. The molecule has 0 spiro atoms. The number of pyridine rings is 1. The van der Waals surface area contributed by atoms with Crippen LogP contribution in [0.4, 0.5) is 5.82 Å².